The van der Waals surface area contributed by atoms with Crippen LogP contribution in [-0.4, -0.2) is 15.8 Å². The molecule has 0 bridgehead atoms. The minimum absolute atomic E-state index is 0.521. The van der Waals surface area contributed by atoms with Gasteiger partial charge in [0, 0.05) is 11.8 Å². The number of hydrogen-bond donors (Lipinski definition) is 1. The molecular weight excluding hydrogens is 164 g/mol. The highest BCUT2D eigenvalue weighted by molar-refractivity contribution is 5.80. The maximum Gasteiger partial charge on any atom is 0.160 e. The largest absolute Gasteiger partial charge is 0.387 e. The molecule has 0 saturated heterocycles. The average molecular weight is 178 g/mol. The molecule has 0 radical (unpaired) electrons. The first-order valence-electron chi connectivity index (χ1n) is 4.26. The molecule has 70 valence electrons. The Morgan fingerprint density at radius 2 is 2.31 bits per heavy atom. The minimum Gasteiger partial charge on any atom is -0.387 e. The number of nitrogens with zero attached hydrogens (tertiary/aromatic N) is 3. The van der Waals surface area contributed by atoms with Gasteiger partial charge in [0.2, 0.25) is 0 Å². The van der Waals surface area contributed by atoms with Crippen LogP contribution in [0.15, 0.2) is 11.2 Å². The van der Waals surface area contributed by atoms with Gasteiger partial charge in [-0.1, -0.05) is 6.92 Å². The third-order valence-corrected chi connectivity index (χ3v) is 1.63. The quantitative estimate of drug-likeness (QED) is 0.549. The highest BCUT2D eigenvalue weighted by Crippen LogP contribution is 2.15. The molecule has 0 amide bonds. The van der Waals surface area contributed by atoms with Crippen LogP contribution < -0.4 is 5.73 Å². The van der Waals surface area contributed by atoms with E-state index in [-0.39, 0.29) is 0 Å². The summed E-state index contributed by atoms with van der Waals surface area (Å²) in [5.41, 5.74) is 6.51. The summed E-state index contributed by atoms with van der Waals surface area (Å²) in [6, 6.07) is 0. The molecule has 0 aromatic carbocycles. The van der Waals surface area contributed by atoms with E-state index < -0.39 is 0 Å². The molecular formula is C9H14N4. The summed E-state index contributed by atoms with van der Waals surface area (Å²) in [6.07, 6.45) is 2.66. The smallest absolute Gasteiger partial charge is 0.160 e. The zero-order valence-electron chi connectivity index (χ0n) is 8.20. The molecule has 0 unspecified atom stereocenters. The van der Waals surface area contributed by atoms with Gasteiger partial charge in [-0.2, -0.15) is 0 Å². The molecule has 0 aliphatic rings. The van der Waals surface area contributed by atoms with Crippen molar-refractivity contribution in [3.63, 3.8) is 0 Å². The number of aliphatic imine (C=N–C) groups is 1. The zero-order chi connectivity index (χ0) is 9.84. The van der Waals surface area contributed by atoms with Crippen molar-refractivity contribution >= 4 is 11.7 Å². The summed E-state index contributed by atoms with van der Waals surface area (Å²) in [5, 5.41) is 0. The fourth-order valence-electron chi connectivity index (χ4n) is 0.996. The van der Waals surface area contributed by atoms with Crippen LogP contribution in [0.3, 0.4) is 0 Å². The predicted octanol–water partition coefficient (Wildman–Crippen LogP) is 1.36. The maximum absolute atomic E-state index is 5.49. The molecule has 0 spiro atoms. The van der Waals surface area contributed by atoms with Crippen LogP contribution in [0.5, 0.6) is 0 Å². The lowest BCUT2D eigenvalue weighted by atomic mass is 10.2. The van der Waals surface area contributed by atoms with Crippen molar-refractivity contribution in [2.24, 2.45) is 10.7 Å². The van der Waals surface area contributed by atoms with Crippen molar-refractivity contribution in [3.05, 3.63) is 17.6 Å². The van der Waals surface area contributed by atoms with Crippen LogP contribution in [0, 0.1) is 6.92 Å². The van der Waals surface area contributed by atoms with E-state index in [4.69, 9.17) is 5.73 Å². The van der Waals surface area contributed by atoms with E-state index in [1.165, 1.54) is 0 Å². The average Bonchev–Trinajstić information content (AvgIpc) is 2.03. The van der Waals surface area contributed by atoms with Crippen LogP contribution in [0.25, 0.3) is 0 Å². The van der Waals surface area contributed by atoms with Crippen LogP contribution in [0.1, 0.15) is 25.2 Å². The predicted molar refractivity (Wildman–Crippen MR) is 53.1 cm³/mol. The molecule has 0 aliphatic carbocycles. The van der Waals surface area contributed by atoms with Crippen molar-refractivity contribution in [2.75, 3.05) is 0 Å². The summed E-state index contributed by atoms with van der Waals surface area (Å²) in [4.78, 5) is 12.4. The van der Waals surface area contributed by atoms with E-state index in [2.05, 4.69) is 15.0 Å². The molecule has 4 heteroatoms. The van der Waals surface area contributed by atoms with Gasteiger partial charge in [-0.15, -0.1) is 0 Å². The van der Waals surface area contributed by atoms with Crippen molar-refractivity contribution in [1.29, 1.82) is 0 Å². The summed E-state index contributed by atoms with van der Waals surface area (Å²) < 4.78 is 0. The number of amidine groups is 1. The third-order valence-electron chi connectivity index (χ3n) is 1.63. The first kappa shape index (κ1) is 9.64. The van der Waals surface area contributed by atoms with Gasteiger partial charge in [-0.3, -0.25) is 0 Å². The fourth-order valence-corrected chi connectivity index (χ4v) is 0.996. The number of aryl methyl sites for hydroxylation is 2. The molecule has 1 heterocycles. The Kier molecular flexibility index (Phi) is 2.95. The van der Waals surface area contributed by atoms with Gasteiger partial charge in [0.05, 0.1) is 5.84 Å². The lowest BCUT2D eigenvalue weighted by Gasteiger charge is -2.02. The van der Waals surface area contributed by atoms with Crippen LogP contribution >= 0.6 is 0 Å². The van der Waals surface area contributed by atoms with Crippen LogP contribution in [0.2, 0.25) is 0 Å². The standard InChI is InChI=1S/C9H14N4/c1-4-8-5-11-7(3)13-9(8)12-6(2)10/h5H,4H2,1-3H3,(H2,10,11,12,13). The lowest BCUT2D eigenvalue weighted by molar-refractivity contribution is 0.984. The van der Waals surface area contributed by atoms with Crippen molar-refractivity contribution in [2.45, 2.75) is 27.2 Å². The second-order valence-electron chi connectivity index (χ2n) is 2.87. The molecule has 0 fully saturated rings. The molecule has 1 rings (SSSR count). The second-order valence-corrected chi connectivity index (χ2v) is 2.87. The summed E-state index contributed by atoms with van der Waals surface area (Å²) in [5.74, 6) is 1.93. The van der Waals surface area contributed by atoms with Crippen molar-refractivity contribution in [1.82, 2.24) is 9.97 Å². The minimum atomic E-state index is 0.521. The zero-order valence-corrected chi connectivity index (χ0v) is 8.20. The Morgan fingerprint density at radius 3 is 2.85 bits per heavy atom. The third kappa shape index (κ3) is 2.50. The van der Waals surface area contributed by atoms with Gasteiger partial charge in [-0.05, 0) is 20.3 Å². The Labute approximate surface area is 77.9 Å². The number of aromatic nitrogens is 2. The first-order valence-corrected chi connectivity index (χ1v) is 4.26. The van der Waals surface area contributed by atoms with Gasteiger partial charge < -0.3 is 5.73 Å². The number of rotatable bonds is 2. The topological polar surface area (TPSA) is 64.2 Å². The maximum atomic E-state index is 5.49. The van der Waals surface area contributed by atoms with E-state index in [9.17, 15) is 0 Å². The second kappa shape index (κ2) is 3.98. The number of nitrogens with two attached hydrogens (primary N) is 1. The van der Waals surface area contributed by atoms with Gasteiger partial charge in [-0.25, -0.2) is 15.0 Å². The molecule has 2 N–H and O–H groups in total. The van der Waals surface area contributed by atoms with E-state index in [0.717, 1.165) is 17.8 Å². The van der Waals surface area contributed by atoms with Crippen molar-refractivity contribution in [3.8, 4) is 0 Å². The Hall–Kier alpha value is -1.45. The Bertz CT molecular complexity index is 326. The highest BCUT2D eigenvalue weighted by Gasteiger charge is 2.01. The highest BCUT2D eigenvalue weighted by atomic mass is 15.0. The Balaban J connectivity index is 3.16. The SMILES string of the molecule is CCc1cnc(C)nc1N=C(C)N. The van der Waals surface area contributed by atoms with Gasteiger partial charge in [0.1, 0.15) is 5.82 Å². The van der Waals surface area contributed by atoms with Crippen LogP contribution in [0.4, 0.5) is 5.82 Å². The summed E-state index contributed by atoms with van der Waals surface area (Å²) in [6.45, 7) is 5.63. The lowest BCUT2D eigenvalue weighted by Crippen LogP contribution is -2.05. The van der Waals surface area contributed by atoms with Crippen molar-refractivity contribution < 1.29 is 0 Å². The summed E-state index contributed by atoms with van der Waals surface area (Å²) >= 11 is 0. The summed E-state index contributed by atoms with van der Waals surface area (Å²) in [7, 11) is 0. The van der Waals surface area contributed by atoms with Gasteiger partial charge in [0.25, 0.3) is 0 Å². The van der Waals surface area contributed by atoms with E-state index in [1.807, 2.05) is 13.8 Å². The molecule has 1 aromatic heterocycles. The normalized spacial score (nSPS) is 11.8. The van der Waals surface area contributed by atoms with E-state index in [1.54, 1.807) is 13.1 Å². The van der Waals surface area contributed by atoms with Gasteiger partial charge >= 0.3 is 0 Å². The van der Waals surface area contributed by atoms with Gasteiger partial charge in [0.15, 0.2) is 5.82 Å². The molecule has 13 heavy (non-hydrogen) atoms. The molecule has 1 aromatic rings. The van der Waals surface area contributed by atoms with E-state index in [0.29, 0.717) is 11.7 Å². The molecule has 0 aliphatic heterocycles. The Morgan fingerprint density at radius 1 is 1.62 bits per heavy atom. The molecule has 0 atom stereocenters. The molecule has 4 nitrogen and oxygen atoms in total. The van der Waals surface area contributed by atoms with Crippen LogP contribution in [-0.2, 0) is 6.42 Å². The van der Waals surface area contributed by atoms with E-state index >= 15 is 0 Å². The molecule has 0 saturated carbocycles. The monoisotopic (exact) mass is 178 g/mol. The first-order chi connectivity index (χ1) is 6.13. The number of hydrogen-bond acceptors (Lipinski definition) is 3. The fraction of sp³-hybridized carbons (Fsp3) is 0.444.